The first-order valence-corrected chi connectivity index (χ1v) is 7.20. The second kappa shape index (κ2) is 7.00. The van der Waals surface area contributed by atoms with Gasteiger partial charge >= 0.3 is 0 Å². The van der Waals surface area contributed by atoms with Crippen molar-refractivity contribution in [2.45, 2.75) is 77.3 Å². The Morgan fingerprint density at radius 1 is 1.12 bits per heavy atom. The minimum Gasteiger partial charge on any atom is -0.350 e. The van der Waals surface area contributed by atoms with Crippen molar-refractivity contribution in [3.63, 3.8) is 0 Å². The van der Waals surface area contributed by atoms with Crippen LogP contribution in [0.5, 0.6) is 0 Å². The van der Waals surface area contributed by atoms with E-state index in [-0.39, 0.29) is 11.4 Å². The monoisotopic (exact) mass is 240 g/mol. The molecule has 0 aliphatic heterocycles. The number of hydrogen-bond donors (Lipinski definition) is 2. The highest BCUT2D eigenvalue weighted by Gasteiger charge is 2.26. The Morgan fingerprint density at radius 3 is 2.12 bits per heavy atom. The third-order valence-electron chi connectivity index (χ3n) is 4.34. The topological polar surface area (TPSA) is 41.1 Å². The maximum absolute atomic E-state index is 11.9. The molecule has 0 atom stereocenters. The molecule has 1 aliphatic rings. The van der Waals surface area contributed by atoms with Crippen LogP contribution in [0.2, 0.25) is 0 Å². The second-order valence-electron chi connectivity index (χ2n) is 5.25. The van der Waals surface area contributed by atoms with Crippen LogP contribution in [-0.2, 0) is 4.79 Å². The largest absolute Gasteiger partial charge is 0.350 e. The van der Waals surface area contributed by atoms with Gasteiger partial charge in [0.15, 0.2) is 0 Å². The summed E-state index contributed by atoms with van der Waals surface area (Å²) in [5, 5.41) is 6.57. The molecule has 2 N–H and O–H groups in total. The Bertz CT molecular complexity index is 222. The van der Waals surface area contributed by atoms with E-state index in [4.69, 9.17) is 0 Å². The summed E-state index contributed by atoms with van der Waals surface area (Å²) in [6, 6.07) is 0.569. The van der Waals surface area contributed by atoms with Crippen LogP contribution in [0, 0.1) is 0 Å². The Balaban J connectivity index is 2.31. The molecule has 1 rings (SSSR count). The van der Waals surface area contributed by atoms with Gasteiger partial charge in [0.05, 0.1) is 6.54 Å². The number of rotatable bonds is 7. The molecule has 0 radical (unpaired) electrons. The molecule has 100 valence electrons. The Hall–Kier alpha value is -0.570. The third-order valence-corrected chi connectivity index (χ3v) is 4.34. The molecule has 0 aromatic rings. The maximum Gasteiger partial charge on any atom is 0.234 e. The van der Waals surface area contributed by atoms with E-state index in [1.165, 1.54) is 25.7 Å². The van der Waals surface area contributed by atoms with Crippen LogP contribution in [0.4, 0.5) is 0 Å². The number of hydrogen-bond acceptors (Lipinski definition) is 2. The number of carbonyl (C=O) groups is 1. The fraction of sp³-hybridized carbons (Fsp3) is 0.929. The first-order chi connectivity index (χ1) is 8.15. The van der Waals surface area contributed by atoms with Crippen LogP contribution in [-0.4, -0.2) is 24.0 Å². The smallest absolute Gasteiger partial charge is 0.234 e. The van der Waals surface area contributed by atoms with Crippen molar-refractivity contribution in [3.05, 3.63) is 0 Å². The molecule has 0 bridgehead atoms. The van der Waals surface area contributed by atoms with Gasteiger partial charge in [-0.05, 0) is 32.1 Å². The van der Waals surface area contributed by atoms with Crippen LogP contribution in [0.25, 0.3) is 0 Å². The highest BCUT2D eigenvalue weighted by molar-refractivity contribution is 5.78. The highest BCUT2D eigenvalue weighted by Crippen LogP contribution is 2.19. The predicted molar refractivity (Wildman–Crippen MR) is 72.0 cm³/mol. The molecule has 0 saturated heterocycles. The summed E-state index contributed by atoms with van der Waals surface area (Å²) in [6.07, 6.45) is 8.10. The van der Waals surface area contributed by atoms with Crippen molar-refractivity contribution < 1.29 is 4.79 Å². The predicted octanol–water partition coefficient (Wildman–Crippen LogP) is 2.60. The lowest BCUT2D eigenvalue weighted by atomic mass is 9.90. The van der Waals surface area contributed by atoms with Crippen molar-refractivity contribution in [1.82, 2.24) is 10.6 Å². The van der Waals surface area contributed by atoms with Gasteiger partial charge in [-0.2, -0.15) is 0 Å². The summed E-state index contributed by atoms with van der Waals surface area (Å²) >= 11 is 0. The summed E-state index contributed by atoms with van der Waals surface area (Å²) in [4.78, 5) is 11.9. The average Bonchev–Trinajstić information content (AvgIpc) is 2.87. The minimum absolute atomic E-state index is 0.00837. The van der Waals surface area contributed by atoms with Crippen LogP contribution >= 0.6 is 0 Å². The van der Waals surface area contributed by atoms with Gasteiger partial charge in [0.25, 0.3) is 0 Å². The standard InChI is InChI=1S/C14H28N2O/c1-4-14(5-2,6-3)16-13(17)11-15-12-9-7-8-10-12/h12,15H,4-11H2,1-3H3,(H,16,17). The highest BCUT2D eigenvalue weighted by atomic mass is 16.2. The Morgan fingerprint density at radius 2 is 1.65 bits per heavy atom. The normalized spacial score (nSPS) is 17.4. The molecular formula is C14H28N2O. The van der Waals surface area contributed by atoms with Gasteiger partial charge in [0.2, 0.25) is 5.91 Å². The molecule has 0 heterocycles. The van der Waals surface area contributed by atoms with Gasteiger partial charge in [0, 0.05) is 11.6 Å². The number of carbonyl (C=O) groups excluding carboxylic acids is 1. The van der Waals surface area contributed by atoms with E-state index in [0.717, 1.165) is 19.3 Å². The third kappa shape index (κ3) is 4.30. The van der Waals surface area contributed by atoms with E-state index >= 15 is 0 Å². The lowest BCUT2D eigenvalue weighted by Crippen LogP contribution is -2.50. The van der Waals surface area contributed by atoms with Crippen molar-refractivity contribution in [2.75, 3.05) is 6.54 Å². The second-order valence-corrected chi connectivity index (χ2v) is 5.25. The van der Waals surface area contributed by atoms with Gasteiger partial charge in [-0.1, -0.05) is 33.6 Å². The molecule has 0 unspecified atom stereocenters. The van der Waals surface area contributed by atoms with Gasteiger partial charge in [0.1, 0.15) is 0 Å². The van der Waals surface area contributed by atoms with Crippen molar-refractivity contribution in [1.29, 1.82) is 0 Å². The average molecular weight is 240 g/mol. The molecule has 1 aliphatic carbocycles. The zero-order valence-corrected chi connectivity index (χ0v) is 11.6. The van der Waals surface area contributed by atoms with Crippen LogP contribution < -0.4 is 10.6 Å². The Labute approximate surface area is 106 Å². The molecule has 1 saturated carbocycles. The molecule has 3 heteroatoms. The number of nitrogens with one attached hydrogen (secondary N) is 2. The van der Waals surface area contributed by atoms with E-state index in [0.29, 0.717) is 12.6 Å². The zero-order valence-electron chi connectivity index (χ0n) is 11.6. The molecular weight excluding hydrogens is 212 g/mol. The lowest BCUT2D eigenvalue weighted by molar-refractivity contribution is -0.122. The van der Waals surface area contributed by atoms with E-state index in [9.17, 15) is 4.79 Å². The van der Waals surface area contributed by atoms with Crippen LogP contribution in [0.1, 0.15) is 65.7 Å². The van der Waals surface area contributed by atoms with Gasteiger partial charge in [-0.3, -0.25) is 4.79 Å². The van der Waals surface area contributed by atoms with E-state index in [1.54, 1.807) is 0 Å². The first-order valence-electron chi connectivity index (χ1n) is 7.20. The SMILES string of the molecule is CCC(CC)(CC)NC(=O)CNC1CCCC1. The molecule has 1 fully saturated rings. The van der Waals surface area contributed by atoms with Crippen molar-refractivity contribution in [2.24, 2.45) is 0 Å². The summed E-state index contributed by atoms with van der Waals surface area (Å²) in [7, 11) is 0. The van der Waals surface area contributed by atoms with Gasteiger partial charge < -0.3 is 10.6 Å². The molecule has 17 heavy (non-hydrogen) atoms. The van der Waals surface area contributed by atoms with Crippen molar-refractivity contribution in [3.8, 4) is 0 Å². The molecule has 0 aromatic carbocycles. The van der Waals surface area contributed by atoms with Gasteiger partial charge in [-0.15, -0.1) is 0 Å². The summed E-state index contributed by atoms with van der Waals surface area (Å²) in [5.74, 6) is 0.155. The Kier molecular flexibility index (Phi) is 5.96. The fourth-order valence-corrected chi connectivity index (χ4v) is 2.72. The molecule has 0 aromatic heterocycles. The lowest BCUT2D eigenvalue weighted by Gasteiger charge is -2.32. The van der Waals surface area contributed by atoms with E-state index < -0.39 is 0 Å². The summed E-state index contributed by atoms with van der Waals surface area (Å²) < 4.78 is 0. The van der Waals surface area contributed by atoms with Crippen molar-refractivity contribution >= 4 is 5.91 Å². The minimum atomic E-state index is 0.00837. The first kappa shape index (κ1) is 14.5. The zero-order chi connectivity index (χ0) is 12.7. The summed E-state index contributed by atoms with van der Waals surface area (Å²) in [5.41, 5.74) is 0.00837. The molecule has 0 spiro atoms. The number of amides is 1. The van der Waals surface area contributed by atoms with Crippen LogP contribution in [0.15, 0.2) is 0 Å². The van der Waals surface area contributed by atoms with E-state index in [1.807, 2.05) is 0 Å². The van der Waals surface area contributed by atoms with E-state index in [2.05, 4.69) is 31.4 Å². The quantitative estimate of drug-likeness (QED) is 0.718. The summed E-state index contributed by atoms with van der Waals surface area (Å²) in [6.45, 7) is 6.93. The molecule has 3 nitrogen and oxygen atoms in total. The maximum atomic E-state index is 11.9. The fourth-order valence-electron chi connectivity index (χ4n) is 2.72. The van der Waals surface area contributed by atoms with Gasteiger partial charge in [-0.25, -0.2) is 0 Å². The molecule has 1 amide bonds. The van der Waals surface area contributed by atoms with Crippen LogP contribution in [0.3, 0.4) is 0 Å².